The summed E-state index contributed by atoms with van der Waals surface area (Å²) in [7, 11) is 0. The Kier molecular flexibility index (Phi) is 4.40. The third kappa shape index (κ3) is 2.92. The molecule has 1 saturated heterocycles. The van der Waals surface area contributed by atoms with E-state index in [1.54, 1.807) is 0 Å². The van der Waals surface area contributed by atoms with E-state index in [1.165, 1.54) is 0 Å². The van der Waals surface area contributed by atoms with Crippen LogP contribution in [-0.4, -0.2) is 19.1 Å². The van der Waals surface area contributed by atoms with Crippen molar-refractivity contribution < 1.29 is 9.53 Å². The van der Waals surface area contributed by atoms with Gasteiger partial charge in [-0.2, -0.15) is 0 Å². The molecular weight excluding hydrogens is 341 g/mol. The average Bonchev–Trinajstić information content (AvgIpc) is 2.40. The van der Waals surface area contributed by atoms with Crippen LogP contribution in [0.5, 0.6) is 0 Å². The van der Waals surface area contributed by atoms with Crippen LogP contribution in [0.25, 0.3) is 0 Å². The van der Waals surface area contributed by atoms with Crippen molar-refractivity contribution >= 4 is 28.6 Å². The fourth-order valence-corrected chi connectivity index (χ4v) is 2.37. The molecule has 2 rings (SSSR count). The first-order valence-electron chi connectivity index (χ1n) is 5.98. The quantitative estimate of drug-likeness (QED) is 0.514. The van der Waals surface area contributed by atoms with Crippen molar-refractivity contribution in [3.05, 3.63) is 46.1 Å². The van der Waals surface area contributed by atoms with Crippen molar-refractivity contribution in [2.45, 2.75) is 18.4 Å². The van der Waals surface area contributed by atoms with Gasteiger partial charge >= 0.3 is 5.97 Å². The average molecular weight is 357 g/mol. The van der Waals surface area contributed by atoms with E-state index in [1.807, 2.05) is 52.9 Å². The van der Waals surface area contributed by atoms with E-state index in [4.69, 9.17) is 4.74 Å². The predicted octanol–water partition coefficient (Wildman–Crippen LogP) is 2.76. The topological polar surface area (TPSA) is 38.3 Å². The summed E-state index contributed by atoms with van der Waals surface area (Å²) < 4.78 is 6.16. The molecule has 0 radical (unpaired) electrons. The van der Waals surface area contributed by atoms with Gasteiger partial charge in [0.1, 0.15) is 5.60 Å². The third-order valence-electron chi connectivity index (χ3n) is 3.22. The van der Waals surface area contributed by atoms with Gasteiger partial charge in [-0.15, -0.1) is 0 Å². The molecule has 1 heterocycles. The summed E-state index contributed by atoms with van der Waals surface area (Å²) in [5.41, 5.74) is 0.565. The maximum atomic E-state index is 11.8. The molecule has 0 unspecified atom stereocenters. The van der Waals surface area contributed by atoms with Crippen LogP contribution < -0.4 is 5.32 Å². The summed E-state index contributed by atoms with van der Waals surface area (Å²) >= 11 is 1.91. The molecule has 18 heavy (non-hydrogen) atoms. The molecule has 96 valence electrons. The van der Waals surface area contributed by atoms with E-state index in [-0.39, 0.29) is 5.97 Å². The standard InChI is InChI=1S/C14H16INO2/c1-11(15)13(17)18-14(7-9-16-10-8-14)12-5-3-2-4-6-12/h2-6,16H,1,7-10H2. The van der Waals surface area contributed by atoms with Gasteiger partial charge < -0.3 is 10.1 Å². The van der Waals surface area contributed by atoms with Gasteiger partial charge in [0.25, 0.3) is 0 Å². The van der Waals surface area contributed by atoms with E-state index in [0.717, 1.165) is 31.5 Å². The number of benzene rings is 1. The molecular formula is C14H16INO2. The van der Waals surface area contributed by atoms with Crippen molar-refractivity contribution in [1.82, 2.24) is 5.32 Å². The van der Waals surface area contributed by atoms with Crippen molar-refractivity contribution in [2.24, 2.45) is 0 Å². The van der Waals surface area contributed by atoms with Crippen molar-refractivity contribution in [3.8, 4) is 0 Å². The van der Waals surface area contributed by atoms with Crippen LogP contribution in [0, 0.1) is 0 Å². The molecule has 0 aliphatic carbocycles. The highest BCUT2D eigenvalue weighted by Gasteiger charge is 2.37. The van der Waals surface area contributed by atoms with Gasteiger partial charge in [-0.1, -0.05) is 36.9 Å². The van der Waals surface area contributed by atoms with Crippen LogP contribution in [0.1, 0.15) is 18.4 Å². The third-order valence-corrected chi connectivity index (χ3v) is 3.66. The van der Waals surface area contributed by atoms with Gasteiger partial charge in [-0.25, -0.2) is 4.79 Å². The first kappa shape index (κ1) is 13.5. The van der Waals surface area contributed by atoms with Gasteiger partial charge in [0.15, 0.2) is 0 Å². The molecule has 3 nitrogen and oxygen atoms in total. The lowest BCUT2D eigenvalue weighted by atomic mass is 9.85. The fourth-order valence-electron chi connectivity index (χ4n) is 2.25. The Bertz CT molecular complexity index is 438. The van der Waals surface area contributed by atoms with Crippen LogP contribution in [0.4, 0.5) is 0 Å². The Morgan fingerprint density at radius 1 is 1.28 bits per heavy atom. The van der Waals surface area contributed by atoms with Gasteiger partial charge in [0.2, 0.25) is 0 Å². The van der Waals surface area contributed by atoms with E-state index >= 15 is 0 Å². The van der Waals surface area contributed by atoms with Gasteiger partial charge in [-0.05, 0) is 41.2 Å². The number of hydrogen-bond donors (Lipinski definition) is 1. The Balaban J connectivity index is 2.29. The van der Waals surface area contributed by atoms with Gasteiger partial charge in [-0.3, -0.25) is 0 Å². The molecule has 0 aromatic heterocycles. The lowest BCUT2D eigenvalue weighted by Crippen LogP contribution is -2.43. The first-order chi connectivity index (χ1) is 8.64. The maximum Gasteiger partial charge on any atom is 0.344 e. The molecule has 0 atom stereocenters. The summed E-state index contributed by atoms with van der Waals surface area (Å²) in [6.45, 7) is 5.36. The van der Waals surface area contributed by atoms with Crippen molar-refractivity contribution in [1.29, 1.82) is 0 Å². The molecule has 4 heteroatoms. The minimum Gasteiger partial charge on any atom is -0.450 e. The van der Waals surface area contributed by atoms with Crippen LogP contribution in [0.2, 0.25) is 0 Å². The predicted molar refractivity (Wildman–Crippen MR) is 79.5 cm³/mol. The maximum absolute atomic E-state index is 11.8. The Morgan fingerprint density at radius 2 is 1.89 bits per heavy atom. The Morgan fingerprint density at radius 3 is 2.44 bits per heavy atom. The van der Waals surface area contributed by atoms with Gasteiger partial charge in [0, 0.05) is 12.8 Å². The highest BCUT2D eigenvalue weighted by atomic mass is 127. The van der Waals surface area contributed by atoms with E-state index in [9.17, 15) is 4.79 Å². The zero-order valence-corrected chi connectivity index (χ0v) is 12.3. The fraction of sp³-hybridized carbons (Fsp3) is 0.357. The van der Waals surface area contributed by atoms with Crippen molar-refractivity contribution in [3.63, 3.8) is 0 Å². The lowest BCUT2D eigenvalue weighted by molar-refractivity contribution is -0.158. The van der Waals surface area contributed by atoms with E-state index < -0.39 is 5.60 Å². The lowest BCUT2D eigenvalue weighted by Gasteiger charge is -2.37. The number of halogens is 1. The Hall–Kier alpha value is -0.880. The second-order valence-electron chi connectivity index (χ2n) is 4.40. The molecule has 1 aromatic carbocycles. The molecule has 0 spiro atoms. The number of carbonyl (C=O) groups excluding carboxylic acids is 1. The summed E-state index contributed by atoms with van der Waals surface area (Å²) in [5, 5.41) is 3.30. The normalized spacial score (nSPS) is 18.1. The second-order valence-corrected chi connectivity index (χ2v) is 5.71. The molecule has 0 amide bonds. The number of hydrogen-bond acceptors (Lipinski definition) is 3. The summed E-state index contributed by atoms with van der Waals surface area (Å²) in [5.74, 6) is -0.318. The molecule has 1 aliphatic rings. The number of piperidine rings is 1. The smallest absolute Gasteiger partial charge is 0.344 e. The van der Waals surface area contributed by atoms with Gasteiger partial charge in [0.05, 0.1) is 3.58 Å². The summed E-state index contributed by atoms with van der Waals surface area (Å²) in [6.07, 6.45) is 1.60. The highest BCUT2D eigenvalue weighted by molar-refractivity contribution is 14.1. The molecule has 1 aliphatic heterocycles. The molecule has 1 aromatic rings. The number of rotatable bonds is 3. The SMILES string of the molecule is C=C(I)C(=O)OC1(c2ccccc2)CCNCC1. The monoisotopic (exact) mass is 357 g/mol. The van der Waals surface area contributed by atoms with Crippen LogP contribution in [0.3, 0.4) is 0 Å². The molecule has 1 N–H and O–H groups in total. The molecule has 0 saturated carbocycles. The van der Waals surface area contributed by atoms with Crippen LogP contribution in [0.15, 0.2) is 40.5 Å². The zero-order valence-electron chi connectivity index (χ0n) is 10.1. The minimum atomic E-state index is -0.502. The molecule has 1 fully saturated rings. The van der Waals surface area contributed by atoms with E-state index in [0.29, 0.717) is 3.58 Å². The van der Waals surface area contributed by atoms with Crippen LogP contribution >= 0.6 is 22.6 Å². The minimum absolute atomic E-state index is 0.318. The number of esters is 1. The first-order valence-corrected chi connectivity index (χ1v) is 7.06. The van der Waals surface area contributed by atoms with E-state index in [2.05, 4.69) is 11.9 Å². The number of carbonyl (C=O) groups is 1. The number of nitrogens with one attached hydrogen (secondary N) is 1. The largest absolute Gasteiger partial charge is 0.450 e. The Labute approximate surface area is 121 Å². The van der Waals surface area contributed by atoms with Crippen LogP contribution in [-0.2, 0) is 15.1 Å². The zero-order chi connectivity index (χ0) is 13.0. The molecule has 0 bridgehead atoms. The second kappa shape index (κ2) is 5.84. The number of ether oxygens (including phenoxy) is 1. The summed E-state index contributed by atoms with van der Waals surface area (Å²) in [4.78, 5) is 11.8. The van der Waals surface area contributed by atoms with Crippen molar-refractivity contribution in [2.75, 3.05) is 13.1 Å². The summed E-state index contributed by atoms with van der Waals surface area (Å²) in [6, 6.07) is 9.97. The highest BCUT2D eigenvalue weighted by Crippen LogP contribution is 2.35.